The van der Waals surface area contributed by atoms with E-state index in [0.29, 0.717) is 31.0 Å². The maximum atomic E-state index is 12.9. The van der Waals surface area contributed by atoms with Crippen LogP contribution in [-0.2, 0) is 20.6 Å². The fourth-order valence-electron chi connectivity index (χ4n) is 3.34. The van der Waals surface area contributed by atoms with Crippen molar-refractivity contribution in [3.63, 3.8) is 0 Å². The van der Waals surface area contributed by atoms with Gasteiger partial charge in [0.05, 0.1) is 10.8 Å². The van der Waals surface area contributed by atoms with E-state index in [4.69, 9.17) is 23.2 Å². The van der Waals surface area contributed by atoms with Crippen molar-refractivity contribution in [2.75, 3.05) is 25.4 Å². The Balaban J connectivity index is 1.46. The lowest BCUT2D eigenvalue weighted by atomic mass is 9.99. The van der Waals surface area contributed by atoms with Crippen molar-refractivity contribution >= 4 is 50.9 Å². The van der Waals surface area contributed by atoms with Crippen LogP contribution in [-0.4, -0.2) is 44.0 Å². The number of carbonyl (C=O) groups excluding carboxylic acids is 1. The molecule has 0 radical (unpaired) electrons. The first-order valence-electron chi connectivity index (χ1n) is 9.72. The fraction of sp³-hybridized carbons (Fsp3) is 0.381. The second-order valence-corrected chi connectivity index (χ2v) is 11.0. The molecule has 0 unspecified atom stereocenters. The van der Waals surface area contributed by atoms with Crippen molar-refractivity contribution < 1.29 is 13.2 Å². The van der Waals surface area contributed by atoms with E-state index in [1.165, 1.54) is 16.4 Å². The van der Waals surface area contributed by atoms with Gasteiger partial charge in [-0.15, -0.1) is 0 Å². The molecule has 1 heterocycles. The molecular weight excluding hydrogens is 463 g/mol. The predicted octanol–water partition coefficient (Wildman–Crippen LogP) is 4.44. The molecule has 1 aliphatic rings. The summed E-state index contributed by atoms with van der Waals surface area (Å²) in [7, 11) is -3.63. The van der Waals surface area contributed by atoms with Crippen molar-refractivity contribution in [3.8, 4) is 0 Å². The molecule has 30 heavy (non-hydrogen) atoms. The summed E-state index contributed by atoms with van der Waals surface area (Å²) in [6.07, 6.45) is 1.35. The molecule has 9 heteroatoms. The van der Waals surface area contributed by atoms with E-state index in [-0.39, 0.29) is 23.3 Å². The molecule has 1 N–H and O–H groups in total. The number of carbonyl (C=O) groups is 1. The number of rotatable bonds is 8. The van der Waals surface area contributed by atoms with Gasteiger partial charge in [0.2, 0.25) is 15.9 Å². The van der Waals surface area contributed by atoms with Crippen LogP contribution in [0, 0.1) is 5.92 Å². The van der Waals surface area contributed by atoms with Crippen LogP contribution < -0.4 is 5.32 Å². The number of benzene rings is 2. The van der Waals surface area contributed by atoms with Gasteiger partial charge in [-0.1, -0.05) is 35.3 Å². The van der Waals surface area contributed by atoms with Crippen molar-refractivity contribution in [1.82, 2.24) is 9.62 Å². The quantitative estimate of drug-likeness (QED) is 0.559. The van der Waals surface area contributed by atoms with Crippen LogP contribution in [0.4, 0.5) is 0 Å². The summed E-state index contributed by atoms with van der Waals surface area (Å²) in [5.41, 5.74) is 1.15. The highest BCUT2D eigenvalue weighted by atomic mass is 35.5. The standard InChI is InChI=1S/C21H24Cl2N2O3S2/c22-18-6-8-20(9-7-18)30(27,28)25-11-2-4-17(14-25)21(26)24-10-12-29-15-16-3-1-5-19(23)13-16/h1,3,5-9,13,17H,2,4,10-12,14-15H2,(H,24,26)/t17-/m0/s1. The molecule has 1 atom stereocenters. The van der Waals surface area contributed by atoms with E-state index in [2.05, 4.69) is 5.32 Å². The van der Waals surface area contributed by atoms with Crippen LogP contribution in [0.1, 0.15) is 18.4 Å². The van der Waals surface area contributed by atoms with Crippen LogP contribution in [0.25, 0.3) is 0 Å². The second kappa shape index (κ2) is 10.9. The fourth-order valence-corrected chi connectivity index (χ4v) is 6.01. The van der Waals surface area contributed by atoms with Crippen LogP contribution in [0.5, 0.6) is 0 Å². The van der Waals surface area contributed by atoms with E-state index in [9.17, 15) is 13.2 Å². The van der Waals surface area contributed by atoms with Crippen molar-refractivity contribution in [3.05, 3.63) is 64.1 Å². The number of sulfonamides is 1. The largest absolute Gasteiger partial charge is 0.355 e. The van der Waals surface area contributed by atoms with Gasteiger partial charge in [0.25, 0.3) is 0 Å². The Hall–Kier alpha value is -1.25. The molecule has 1 saturated heterocycles. The number of hydrogen-bond donors (Lipinski definition) is 1. The van der Waals surface area contributed by atoms with Gasteiger partial charge < -0.3 is 5.32 Å². The zero-order chi connectivity index (χ0) is 21.6. The van der Waals surface area contributed by atoms with Gasteiger partial charge in [-0.05, 0) is 54.8 Å². The summed E-state index contributed by atoms with van der Waals surface area (Å²) in [5.74, 6) is 1.18. The van der Waals surface area contributed by atoms with Crippen molar-refractivity contribution in [1.29, 1.82) is 0 Å². The molecule has 0 aromatic heterocycles. The first kappa shape index (κ1) is 23.4. The highest BCUT2D eigenvalue weighted by Gasteiger charge is 2.33. The minimum absolute atomic E-state index is 0.0886. The van der Waals surface area contributed by atoms with Crippen LogP contribution in [0.15, 0.2) is 53.4 Å². The number of hydrogen-bond acceptors (Lipinski definition) is 4. The van der Waals surface area contributed by atoms with Gasteiger partial charge in [0.15, 0.2) is 0 Å². The normalized spacial score (nSPS) is 17.6. The molecule has 1 aliphatic heterocycles. The number of nitrogens with zero attached hydrogens (tertiary/aromatic N) is 1. The number of amides is 1. The molecule has 2 aromatic carbocycles. The molecule has 5 nitrogen and oxygen atoms in total. The van der Waals surface area contributed by atoms with E-state index < -0.39 is 10.0 Å². The maximum absolute atomic E-state index is 12.9. The van der Waals surface area contributed by atoms with E-state index in [0.717, 1.165) is 22.1 Å². The first-order chi connectivity index (χ1) is 14.4. The Morgan fingerprint density at radius 1 is 1.13 bits per heavy atom. The van der Waals surface area contributed by atoms with Crippen LogP contribution >= 0.6 is 35.0 Å². The molecule has 3 rings (SSSR count). The third kappa shape index (κ3) is 6.37. The van der Waals surface area contributed by atoms with E-state index in [1.807, 2.05) is 24.3 Å². The van der Waals surface area contributed by atoms with Gasteiger partial charge in [-0.2, -0.15) is 16.1 Å². The Bertz CT molecular complexity index is 968. The highest BCUT2D eigenvalue weighted by Crippen LogP contribution is 2.25. The Kier molecular flexibility index (Phi) is 8.48. The van der Waals surface area contributed by atoms with E-state index in [1.54, 1.807) is 23.9 Å². The van der Waals surface area contributed by atoms with Gasteiger partial charge in [-0.3, -0.25) is 4.79 Å². The van der Waals surface area contributed by atoms with Gasteiger partial charge in [0.1, 0.15) is 0 Å². The summed E-state index contributed by atoms with van der Waals surface area (Å²) in [5, 5.41) is 4.15. The number of nitrogens with one attached hydrogen (secondary N) is 1. The monoisotopic (exact) mass is 486 g/mol. The third-order valence-electron chi connectivity index (χ3n) is 4.91. The van der Waals surface area contributed by atoms with Crippen molar-refractivity contribution in [2.24, 2.45) is 5.92 Å². The summed E-state index contributed by atoms with van der Waals surface area (Å²) in [6, 6.07) is 13.8. The molecule has 0 aliphatic carbocycles. The smallest absolute Gasteiger partial charge is 0.243 e. The zero-order valence-electron chi connectivity index (χ0n) is 16.4. The minimum Gasteiger partial charge on any atom is -0.355 e. The summed E-state index contributed by atoms with van der Waals surface area (Å²) in [6.45, 7) is 1.17. The summed E-state index contributed by atoms with van der Waals surface area (Å²) in [4.78, 5) is 12.8. The molecule has 1 fully saturated rings. The molecule has 0 spiro atoms. The lowest BCUT2D eigenvalue weighted by molar-refractivity contribution is -0.125. The highest BCUT2D eigenvalue weighted by molar-refractivity contribution is 7.98. The topological polar surface area (TPSA) is 66.5 Å². The third-order valence-corrected chi connectivity index (χ3v) is 8.31. The van der Waals surface area contributed by atoms with Gasteiger partial charge >= 0.3 is 0 Å². The molecular formula is C21H24Cl2N2O3S2. The Morgan fingerprint density at radius 2 is 1.90 bits per heavy atom. The average Bonchev–Trinajstić information content (AvgIpc) is 2.74. The van der Waals surface area contributed by atoms with Crippen LogP contribution in [0.2, 0.25) is 10.0 Å². The molecule has 1 amide bonds. The molecule has 0 saturated carbocycles. The number of thioether (sulfide) groups is 1. The second-order valence-electron chi connectivity index (χ2n) is 7.13. The minimum atomic E-state index is -3.63. The molecule has 162 valence electrons. The lowest BCUT2D eigenvalue weighted by Crippen LogP contribution is -2.45. The molecule has 2 aromatic rings. The Morgan fingerprint density at radius 3 is 2.63 bits per heavy atom. The average molecular weight is 487 g/mol. The number of halogens is 2. The van der Waals surface area contributed by atoms with Crippen LogP contribution in [0.3, 0.4) is 0 Å². The zero-order valence-corrected chi connectivity index (χ0v) is 19.5. The van der Waals surface area contributed by atoms with Gasteiger partial charge in [-0.25, -0.2) is 8.42 Å². The Labute approximate surface area is 192 Å². The SMILES string of the molecule is O=C(NCCSCc1cccc(Cl)c1)[C@H]1CCCN(S(=O)(=O)c2ccc(Cl)cc2)C1. The number of piperidine rings is 1. The van der Waals surface area contributed by atoms with Gasteiger partial charge in [0, 0.05) is 41.2 Å². The predicted molar refractivity (Wildman–Crippen MR) is 124 cm³/mol. The molecule has 0 bridgehead atoms. The first-order valence-corrected chi connectivity index (χ1v) is 13.1. The lowest BCUT2D eigenvalue weighted by Gasteiger charge is -2.31. The van der Waals surface area contributed by atoms with Crippen molar-refractivity contribution in [2.45, 2.75) is 23.5 Å². The van der Waals surface area contributed by atoms with E-state index >= 15 is 0 Å². The maximum Gasteiger partial charge on any atom is 0.243 e. The summed E-state index contributed by atoms with van der Waals surface area (Å²) < 4.78 is 27.1. The summed E-state index contributed by atoms with van der Waals surface area (Å²) >= 11 is 13.6.